The van der Waals surface area contributed by atoms with E-state index in [1.807, 2.05) is 19.0 Å². The molecule has 0 saturated heterocycles. The van der Waals surface area contributed by atoms with Crippen molar-refractivity contribution in [1.29, 1.82) is 0 Å². The van der Waals surface area contributed by atoms with Gasteiger partial charge >= 0.3 is 0 Å². The Morgan fingerprint density at radius 2 is 1.78 bits per heavy atom. The SMILES string of the molecule is CNCCN(C)C(=O)C1(c2ccc(C(C)C)cc2)CCCC1.Cl. The molecule has 23 heavy (non-hydrogen) atoms. The zero-order valence-corrected chi connectivity index (χ0v) is 15.7. The minimum absolute atomic E-state index is 0. The molecule has 0 aromatic heterocycles. The standard InChI is InChI=1S/C19H30N2O.ClH/c1-15(2)16-7-9-17(10-8-16)19(11-5-6-12-19)18(22)21(4)14-13-20-3;/h7-10,15,20H,5-6,11-14H2,1-4H3;1H. The van der Waals surface area contributed by atoms with Crippen molar-refractivity contribution in [2.75, 3.05) is 27.2 Å². The number of carbonyl (C=O) groups is 1. The second-order valence-corrected chi connectivity index (χ2v) is 6.90. The van der Waals surface area contributed by atoms with Crippen LogP contribution in [0.1, 0.15) is 56.6 Å². The first-order valence-electron chi connectivity index (χ1n) is 8.52. The minimum atomic E-state index is -0.294. The van der Waals surface area contributed by atoms with E-state index in [4.69, 9.17) is 0 Å². The van der Waals surface area contributed by atoms with E-state index in [0.717, 1.165) is 38.8 Å². The topological polar surface area (TPSA) is 32.3 Å². The Morgan fingerprint density at radius 1 is 1.22 bits per heavy atom. The van der Waals surface area contributed by atoms with Gasteiger partial charge in [-0.2, -0.15) is 0 Å². The maximum atomic E-state index is 13.1. The molecular weight excluding hydrogens is 308 g/mol. The Labute approximate surface area is 147 Å². The number of benzene rings is 1. The summed E-state index contributed by atoms with van der Waals surface area (Å²) in [5.41, 5.74) is 2.25. The van der Waals surface area contributed by atoms with Crippen molar-refractivity contribution < 1.29 is 4.79 Å². The van der Waals surface area contributed by atoms with Crippen LogP contribution in [0.5, 0.6) is 0 Å². The fourth-order valence-corrected chi connectivity index (χ4v) is 3.54. The number of carbonyl (C=O) groups excluding carboxylic acids is 1. The quantitative estimate of drug-likeness (QED) is 0.857. The molecule has 0 atom stereocenters. The Balaban J connectivity index is 0.00000264. The summed E-state index contributed by atoms with van der Waals surface area (Å²) in [7, 11) is 3.86. The molecule has 1 aliphatic carbocycles. The zero-order chi connectivity index (χ0) is 16.2. The molecule has 0 bridgehead atoms. The van der Waals surface area contributed by atoms with Crippen LogP contribution in [0.4, 0.5) is 0 Å². The van der Waals surface area contributed by atoms with Gasteiger partial charge in [0.2, 0.25) is 5.91 Å². The van der Waals surface area contributed by atoms with E-state index >= 15 is 0 Å². The zero-order valence-electron chi connectivity index (χ0n) is 14.9. The third kappa shape index (κ3) is 4.27. The van der Waals surface area contributed by atoms with E-state index in [9.17, 15) is 4.79 Å². The highest BCUT2D eigenvalue weighted by Gasteiger charge is 2.43. The van der Waals surface area contributed by atoms with E-state index in [-0.39, 0.29) is 23.7 Å². The van der Waals surface area contributed by atoms with Gasteiger partial charge in [-0.15, -0.1) is 12.4 Å². The number of rotatable bonds is 6. The lowest BCUT2D eigenvalue weighted by molar-refractivity contribution is -0.136. The first-order chi connectivity index (χ1) is 10.5. The predicted molar refractivity (Wildman–Crippen MR) is 99.5 cm³/mol. The lowest BCUT2D eigenvalue weighted by atomic mass is 9.77. The average Bonchev–Trinajstić information content (AvgIpc) is 3.02. The molecule has 1 aromatic rings. The Bertz CT molecular complexity index is 493. The van der Waals surface area contributed by atoms with Crippen molar-refractivity contribution in [3.05, 3.63) is 35.4 Å². The number of hydrogen-bond acceptors (Lipinski definition) is 2. The number of halogens is 1. The molecule has 0 spiro atoms. The smallest absolute Gasteiger partial charge is 0.233 e. The molecule has 1 N–H and O–H groups in total. The van der Waals surface area contributed by atoms with E-state index in [1.165, 1.54) is 11.1 Å². The van der Waals surface area contributed by atoms with Crippen molar-refractivity contribution in [1.82, 2.24) is 10.2 Å². The van der Waals surface area contributed by atoms with Gasteiger partial charge < -0.3 is 10.2 Å². The van der Waals surface area contributed by atoms with Crippen LogP contribution in [0.15, 0.2) is 24.3 Å². The summed E-state index contributed by atoms with van der Waals surface area (Å²) in [6.45, 7) is 6.01. The fraction of sp³-hybridized carbons (Fsp3) is 0.632. The maximum absolute atomic E-state index is 13.1. The third-order valence-corrected chi connectivity index (χ3v) is 5.04. The number of likely N-dealkylation sites (N-methyl/N-ethyl adjacent to an activating group) is 2. The van der Waals surface area contributed by atoms with Crippen molar-refractivity contribution in [2.24, 2.45) is 0 Å². The van der Waals surface area contributed by atoms with E-state index in [2.05, 4.69) is 43.4 Å². The molecule has 1 fully saturated rings. The van der Waals surface area contributed by atoms with Crippen LogP contribution in [0, 0.1) is 0 Å². The number of hydrogen-bond donors (Lipinski definition) is 1. The second-order valence-electron chi connectivity index (χ2n) is 6.90. The Morgan fingerprint density at radius 3 is 2.26 bits per heavy atom. The molecule has 2 rings (SSSR count). The molecule has 1 aromatic carbocycles. The molecule has 1 saturated carbocycles. The molecule has 0 heterocycles. The number of nitrogens with zero attached hydrogens (tertiary/aromatic N) is 1. The van der Waals surface area contributed by atoms with Crippen LogP contribution in [-0.4, -0.2) is 38.0 Å². The molecular formula is C19H31ClN2O. The molecule has 0 unspecified atom stereocenters. The van der Waals surface area contributed by atoms with Crippen molar-refractivity contribution in [2.45, 2.75) is 50.9 Å². The van der Waals surface area contributed by atoms with Crippen LogP contribution < -0.4 is 5.32 Å². The molecule has 0 radical (unpaired) electrons. The summed E-state index contributed by atoms with van der Waals surface area (Å²) in [5.74, 6) is 0.820. The van der Waals surface area contributed by atoms with Gasteiger partial charge in [0.15, 0.2) is 0 Å². The summed E-state index contributed by atoms with van der Waals surface area (Å²) in [4.78, 5) is 15.0. The summed E-state index contributed by atoms with van der Waals surface area (Å²) in [6, 6.07) is 8.76. The summed E-state index contributed by atoms with van der Waals surface area (Å²) in [6.07, 6.45) is 4.27. The van der Waals surface area contributed by atoms with Gasteiger partial charge in [0.25, 0.3) is 0 Å². The summed E-state index contributed by atoms with van der Waals surface area (Å²) >= 11 is 0. The molecule has 130 valence electrons. The van der Waals surface area contributed by atoms with Crippen molar-refractivity contribution in [3.63, 3.8) is 0 Å². The summed E-state index contributed by atoms with van der Waals surface area (Å²) in [5, 5.41) is 3.12. The first kappa shape index (κ1) is 20.0. The van der Waals surface area contributed by atoms with Crippen molar-refractivity contribution in [3.8, 4) is 0 Å². The number of nitrogens with one attached hydrogen (secondary N) is 1. The van der Waals surface area contributed by atoms with Crippen molar-refractivity contribution >= 4 is 18.3 Å². The predicted octanol–water partition coefficient (Wildman–Crippen LogP) is 3.72. The van der Waals surface area contributed by atoms with Crippen LogP contribution in [-0.2, 0) is 10.2 Å². The first-order valence-corrected chi connectivity index (χ1v) is 8.52. The Kier molecular flexibility index (Phi) is 7.56. The van der Waals surface area contributed by atoms with Crippen LogP contribution in [0.3, 0.4) is 0 Å². The fourth-order valence-electron chi connectivity index (χ4n) is 3.54. The van der Waals surface area contributed by atoms with E-state index in [0.29, 0.717) is 5.92 Å². The van der Waals surface area contributed by atoms with E-state index < -0.39 is 0 Å². The van der Waals surface area contributed by atoms with Gasteiger partial charge in [-0.25, -0.2) is 0 Å². The van der Waals surface area contributed by atoms with Crippen LogP contribution >= 0.6 is 12.4 Å². The molecule has 0 aliphatic heterocycles. The molecule has 1 amide bonds. The molecule has 1 aliphatic rings. The van der Waals surface area contributed by atoms with Gasteiger partial charge in [-0.1, -0.05) is 51.0 Å². The largest absolute Gasteiger partial charge is 0.344 e. The van der Waals surface area contributed by atoms with Crippen LogP contribution in [0.25, 0.3) is 0 Å². The van der Waals surface area contributed by atoms with Gasteiger partial charge in [-0.05, 0) is 36.9 Å². The normalized spacial score (nSPS) is 16.2. The highest BCUT2D eigenvalue weighted by atomic mass is 35.5. The lowest BCUT2D eigenvalue weighted by Crippen LogP contribution is -2.45. The second kappa shape index (κ2) is 8.70. The highest BCUT2D eigenvalue weighted by molar-refractivity contribution is 5.88. The van der Waals surface area contributed by atoms with E-state index in [1.54, 1.807) is 0 Å². The van der Waals surface area contributed by atoms with Gasteiger partial charge in [0.1, 0.15) is 0 Å². The van der Waals surface area contributed by atoms with Gasteiger partial charge in [0.05, 0.1) is 5.41 Å². The van der Waals surface area contributed by atoms with Gasteiger partial charge in [-0.3, -0.25) is 4.79 Å². The monoisotopic (exact) mass is 338 g/mol. The van der Waals surface area contributed by atoms with Gasteiger partial charge in [0, 0.05) is 20.1 Å². The average molecular weight is 339 g/mol. The third-order valence-electron chi connectivity index (χ3n) is 5.04. The Hall–Kier alpha value is -1.06. The minimum Gasteiger partial charge on any atom is -0.344 e. The van der Waals surface area contributed by atoms with Crippen LogP contribution in [0.2, 0.25) is 0 Å². The molecule has 3 nitrogen and oxygen atoms in total. The summed E-state index contributed by atoms with van der Waals surface area (Å²) < 4.78 is 0. The molecule has 4 heteroatoms. The number of amides is 1. The highest BCUT2D eigenvalue weighted by Crippen LogP contribution is 2.42. The maximum Gasteiger partial charge on any atom is 0.233 e. The lowest BCUT2D eigenvalue weighted by Gasteiger charge is -2.33.